The van der Waals surface area contributed by atoms with E-state index in [-0.39, 0.29) is 0 Å². The van der Waals surface area contributed by atoms with Crippen LogP contribution in [0.5, 0.6) is 0 Å². The van der Waals surface area contributed by atoms with Crippen molar-refractivity contribution >= 4 is 33.0 Å². The van der Waals surface area contributed by atoms with Crippen molar-refractivity contribution in [2.24, 2.45) is 0 Å². The summed E-state index contributed by atoms with van der Waals surface area (Å²) in [5, 5.41) is 2.35. The fourth-order valence-electron chi connectivity index (χ4n) is 9.28. The number of benzene rings is 8. The topological polar surface area (TPSA) is 30.7 Å². The summed E-state index contributed by atoms with van der Waals surface area (Å²) in [6.45, 7) is 8.66. The van der Waals surface area contributed by atoms with Crippen LogP contribution in [0.2, 0.25) is 0 Å². The largest absolute Gasteiger partial charge is 0.326 e. The Bertz CT molecular complexity index is 3350. The molecule has 0 aliphatic carbocycles. The lowest BCUT2D eigenvalue weighted by molar-refractivity contribution is 0.570. The Morgan fingerprint density at radius 3 is 1.64 bits per heavy atom. The molecule has 0 fully saturated rings. The van der Waals surface area contributed by atoms with E-state index in [1.807, 2.05) is 30.3 Å². The fraction of sp³-hybridized carbons (Fsp3) is 0.0476. The molecule has 3 heteroatoms. The van der Waals surface area contributed by atoms with E-state index in [4.69, 9.17) is 9.97 Å². The molecule has 3 nitrogen and oxygen atoms in total. The molecule has 2 aromatic heterocycles. The molecule has 66 heavy (non-hydrogen) atoms. The average Bonchev–Trinajstić information content (AvgIpc) is 3.73. The quantitative estimate of drug-likeness (QED) is 0.115. The minimum atomic E-state index is -0.798. The Morgan fingerprint density at radius 1 is 0.515 bits per heavy atom. The maximum absolute atomic E-state index is 5.32. The number of hydrogen-bond acceptors (Lipinski definition) is 2. The molecule has 0 N–H and O–H groups in total. The van der Waals surface area contributed by atoms with Crippen LogP contribution in [-0.4, -0.2) is 14.5 Å². The summed E-state index contributed by atoms with van der Waals surface area (Å²) in [4.78, 5) is 10.5. The van der Waals surface area contributed by atoms with Crippen molar-refractivity contribution < 1.29 is 0 Å². The first-order valence-electron chi connectivity index (χ1n) is 22.6. The van der Waals surface area contributed by atoms with Crippen molar-refractivity contribution in [3.05, 3.63) is 267 Å². The van der Waals surface area contributed by atoms with E-state index in [9.17, 15) is 0 Å². The Balaban J connectivity index is 1.31. The molecule has 0 bridgehead atoms. The van der Waals surface area contributed by atoms with Crippen LogP contribution in [0.25, 0.3) is 89.0 Å². The molecule has 0 aliphatic rings. The van der Waals surface area contributed by atoms with Gasteiger partial charge in [0.1, 0.15) is 0 Å². The summed E-state index contributed by atoms with van der Waals surface area (Å²) in [5.74, 6) is 0.675. The number of allylic oxidation sites excluding steroid dienone is 7. The molecule has 1 unspecified atom stereocenters. The highest BCUT2D eigenvalue weighted by molar-refractivity contribution is 6.16. The summed E-state index contributed by atoms with van der Waals surface area (Å²) in [6, 6.07) is 77.5. The zero-order valence-electron chi connectivity index (χ0n) is 37.2. The highest BCUT2D eigenvalue weighted by atomic mass is 15.1. The van der Waals surface area contributed by atoms with Gasteiger partial charge in [0.15, 0.2) is 5.82 Å². The Hall–Kier alpha value is -8.40. The molecular weight excluding hydrogens is 799 g/mol. The van der Waals surface area contributed by atoms with Gasteiger partial charge in [-0.05, 0) is 94.8 Å². The van der Waals surface area contributed by atoms with Gasteiger partial charge >= 0.3 is 0 Å². The predicted octanol–water partition coefficient (Wildman–Crippen LogP) is 16.6. The predicted molar refractivity (Wildman–Crippen MR) is 280 cm³/mol. The van der Waals surface area contributed by atoms with Crippen LogP contribution in [0, 0.1) is 0 Å². The summed E-state index contributed by atoms with van der Waals surface area (Å²) >= 11 is 0. The molecular formula is C63H49N3. The summed E-state index contributed by atoms with van der Waals surface area (Å²) in [7, 11) is 0. The Labute approximate surface area is 387 Å². The smallest absolute Gasteiger partial charge is 0.160 e. The minimum absolute atomic E-state index is 0.675. The van der Waals surface area contributed by atoms with Crippen molar-refractivity contribution in [1.29, 1.82) is 0 Å². The normalized spacial score (nSPS) is 13.0. The molecule has 0 saturated heterocycles. The molecule has 2 heterocycles. The van der Waals surface area contributed by atoms with E-state index in [0.717, 1.165) is 66.9 Å². The lowest BCUT2D eigenvalue weighted by Gasteiger charge is -2.35. The highest BCUT2D eigenvalue weighted by Gasteiger charge is 2.34. The van der Waals surface area contributed by atoms with Crippen LogP contribution in [0.3, 0.4) is 0 Å². The number of hydrogen-bond donors (Lipinski definition) is 0. The van der Waals surface area contributed by atoms with E-state index in [0.29, 0.717) is 5.82 Å². The van der Waals surface area contributed by atoms with Crippen LogP contribution in [0.4, 0.5) is 0 Å². The van der Waals surface area contributed by atoms with E-state index in [2.05, 4.69) is 243 Å². The number of nitrogens with zero attached hydrogens (tertiary/aromatic N) is 3. The molecule has 10 aromatic rings. The Morgan fingerprint density at radius 2 is 1.05 bits per heavy atom. The van der Waals surface area contributed by atoms with Gasteiger partial charge in [-0.15, -0.1) is 0 Å². The van der Waals surface area contributed by atoms with E-state index in [1.165, 1.54) is 27.5 Å². The lowest BCUT2D eigenvalue weighted by atomic mass is 9.83. The van der Waals surface area contributed by atoms with Crippen molar-refractivity contribution in [3.8, 4) is 56.0 Å². The molecule has 0 amide bonds. The van der Waals surface area contributed by atoms with Crippen LogP contribution in [-0.2, 0) is 5.54 Å². The molecule has 0 saturated carbocycles. The second kappa shape index (κ2) is 18.4. The summed E-state index contributed by atoms with van der Waals surface area (Å²) in [6.07, 6.45) is 10.8. The van der Waals surface area contributed by atoms with Gasteiger partial charge < -0.3 is 4.57 Å². The molecule has 0 spiro atoms. The van der Waals surface area contributed by atoms with Crippen LogP contribution in [0.1, 0.15) is 25.1 Å². The second-order valence-electron chi connectivity index (χ2n) is 16.7. The molecule has 0 radical (unpaired) electrons. The van der Waals surface area contributed by atoms with Gasteiger partial charge in [0, 0.05) is 27.5 Å². The molecule has 0 aliphatic heterocycles. The van der Waals surface area contributed by atoms with E-state index >= 15 is 0 Å². The van der Waals surface area contributed by atoms with Crippen molar-refractivity contribution in [3.63, 3.8) is 0 Å². The SMILES string of the molecule is C=C/C=C\C(C)(/C(=C\C(=C/C)c1cc(-c2ccccc2)nc(-c2ccccc2)n1)c1ccccc1)n1c2ccc(-c3ccccc3)cc2c2cc(-c3ccccc3)cc(-c3ccccc3)c21. The maximum atomic E-state index is 5.32. The summed E-state index contributed by atoms with van der Waals surface area (Å²) < 4.78 is 2.57. The molecule has 316 valence electrons. The third-order valence-corrected chi connectivity index (χ3v) is 12.5. The van der Waals surface area contributed by atoms with Gasteiger partial charge in [0.05, 0.1) is 28.0 Å². The van der Waals surface area contributed by atoms with Gasteiger partial charge in [-0.2, -0.15) is 0 Å². The third kappa shape index (κ3) is 8.04. The molecule has 8 aromatic carbocycles. The van der Waals surface area contributed by atoms with Gasteiger partial charge in [0.25, 0.3) is 0 Å². The van der Waals surface area contributed by atoms with Gasteiger partial charge in [-0.25, -0.2) is 9.97 Å². The summed E-state index contributed by atoms with van der Waals surface area (Å²) in [5.41, 5.74) is 15.3. The van der Waals surface area contributed by atoms with Crippen LogP contribution >= 0.6 is 0 Å². The average molecular weight is 848 g/mol. The first kappa shape index (κ1) is 41.6. The first-order chi connectivity index (χ1) is 32.5. The minimum Gasteiger partial charge on any atom is -0.326 e. The number of rotatable bonds is 12. The lowest BCUT2D eigenvalue weighted by Crippen LogP contribution is -2.30. The van der Waals surface area contributed by atoms with Crippen molar-refractivity contribution in [1.82, 2.24) is 14.5 Å². The molecule has 1 atom stereocenters. The van der Waals surface area contributed by atoms with Gasteiger partial charge in [-0.3, -0.25) is 0 Å². The number of aromatic nitrogens is 3. The van der Waals surface area contributed by atoms with E-state index in [1.54, 1.807) is 0 Å². The Kier molecular flexibility index (Phi) is 11.6. The highest BCUT2D eigenvalue weighted by Crippen LogP contribution is 2.48. The van der Waals surface area contributed by atoms with Gasteiger partial charge in [0.2, 0.25) is 0 Å². The van der Waals surface area contributed by atoms with Gasteiger partial charge in [-0.1, -0.05) is 219 Å². The first-order valence-corrected chi connectivity index (χ1v) is 22.6. The fourth-order valence-corrected chi connectivity index (χ4v) is 9.28. The maximum Gasteiger partial charge on any atom is 0.160 e. The van der Waals surface area contributed by atoms with E-state index < -0.39 is 5.54 Å². The molecule has 10 rings (SSSR count). The van der Waals surface area contributed by atoms with Crippen LogP contribution in [0.15, 0.2) is 255 Å². The van der Waals surface area contributed by atoms with Crippen molar-refractivity contribution in [2.75, 3.05) is 0 Å². The monoisotopic (exact) mass is 847 g/mol. The number of fused-ring (bicyclic) bond motifs is 3. The second-order valence-corrected chi connectivity index (χ2v) is 16.7. The third-order valence-electron chi connectivity index (χ3n) is 12.5. The van der Waals surface area contributed by atoms with Crippen LogP contribution < -0.4 is 0 Å². The standard InChI is InChI=1S/C63H49N3/c1-4-6-39-63(3,57(49-31-19-10-20-32-49)43-45(5-2)58-44-59(50-33-21-11-22-34-50)65-62(64-58)51-35-23-12-24-36-51)66-60-38-37-52(46-25-13-7-14-26-46)40-55(60)56-42-53(47-27-15-8-16-28-47)41-54(61(56)66)48-29-17-9-18-30-48/h4-44H,1H2,2-3H3/b39-6-,45-5+,57-43-. The zero-order valence-corrected chi connectivity index (χ0v) is 37.2. The van der Waals surface area contributed by atoms with Crippen molar-refractivity contribution in [2.45, 2.75) is 19.4 Å². The zero-order chi connectivity index (χ0) is 44.9.